The highest BCUT2D eigenvalue weighted by molar-refractivity contribution is 5.86. The molecular formula is C15H27N3O3. The van der Waals surface area contributed by atoms with Gasteiger partial charge in [0, 0.05) is 32.8 Å². The number of carbonyl (C=O) groups excluding carboxylic acids is 2. The molecule has 1 N–H and O–H groups in total. The number of amides is 2. The number of carbonyl (C=O) groups is 2. The third-order valence-electron chi connectivity index (χ3n) is 4.24. The normalized spacial score (nSPS) is 23.5. The van der Waals surface area contributed by atoms with Gasteiger partial charge in [0.15, 0.2) is 0 Å². The summed E-state index contributed by atoms with van der Waals surface area (Å²) >= 11 is 0. The molecule has 1 unspecified atom stereocenters. The zero-order valence-corrected chi connectivity index (χ0v) is 13.4. The first kappa shape index (κ1) is 16.2. The average Bonchev–Trinajstić information content (AvgIpc) is 3.00. The van der Waals surface area contributed by atoms with Crippen molar-refractivity contribution < 1.29 is 14.3 Å². The SMILES string of the molecule is CCNC(C)(C)C(=O)N1CCN(C(=O)C2CCCO2)CC1. The van der Waals surface area contributed by atoms with E-state index in [9.17, 15) is 9.59 Å². The number of piperazine rings is 1. The van der Waals surface area contributed by atoms with Crippen LogP contribution in [0.1, 0.15) is 33.6 Å². The van der Waals surface area contributed by atoms with Crippen LogP contribution in [0.3, 0.4) is 0 Å². The topological polar surface area (TPSA) is 61.9 Å². The van der Waals surface area contributed by atoms with Crippen LogP contribution in [0.5, 0.6) is 0 Å². The van der Waals surface area contributed by atoms with Gasteiger partial charge in [-0.25, -0.2) is 0 Å². The standard InChI is InChI=1S/C15H27N3O3/c1-4-16-15(2,3)14(20)18-9-7-17(8-10-18)13(19)12-6-5-11-21-12/h12,16H,4-11H2,1-3H3. The highest BCUT2D eigenvalue weighted by Crippen LogP contribution is 2.17. The van der Waals surface area contributed by atoms with Gasteiger partial charge < -0.3 is 19.9 Å². The van der Waals surface area contributed by atoms with Crippen molar-refractivity contribution in [1.82, 2.24) is 15.1 Å². The summed E-state index contributed by atoms with van der Waals surface area (Å²) in [6, 6.07) is 0. The van der Waals surface area contributed by atoms with E-state index in [4.69, 9.17) is 4.74 Å². The van der Waals surface area contributed by atoms with Gasteiger partial charge in [0.25, 0.3) is 5.91 Å². The summed E-state index contributed by atoms with van der Waals surface area (Å²) in [5, 5.41) is 3.21. The first-order valence-electron chi connectivity index (χ1n) is 7.90. The molecule has 21 heavy (non-hydrogen) atoms. The Balaban J connectivity index is 1.85. The van der Waals surface area contributed by atoms with E-state index in [0.29, 0.717) is 32.8 Å². The molecule has 2 saturated heterocycles. The van der Waals surface area contributed by atoms with Gasteiger partial charge in [-0.3, -0.25) is 9.59 Å². The Kier molecular flexibility index (Phi) is 5.22. The van der Waals surface area contributed by atoms with E-state index in [2.05, 4.69) is 5.32 Å². The monoisotopic (exact) mass is 297 g/mol. The predicted octanol–water partition coefficient (Wildman–Crippen LogP) is 0.224. The van der Waals surface area contributed by atoms with E-state index >= 15 is 0 Å². The van der Waals surface area contributed by atoms with E-state index < -0.39 is 5.54 Å². The maximum Gasteiger partial charge on any atom is 0.251 e. The Morgan fingerprint density at radius 2 is 1.81 bits per heavy atom. The third kappa shape index (κ3) is 3.74. The molecule has 2 rings (SSSR count). The first-order chi connectivity index (χ1) is 9.95. The fourth-order valence-corrected chi connectivity index (χ4v) is 3.02. The lowest BCUT2D eigenvalue weighted by atomic mass is 10.0. The van der Waals surface area contributed by atoms with Gasteiger partial charge in [0.05, 0.1) is 5.54 Å². The largest absolute Gasteiger partial charge is 0.368 e. The maximum absolute atomic E-state index is 12.5. The number of likely N-dealkylation sites (N-methyl/N-ethyl adjacent to an activating group) is 1. The van der Waals surface area contributed by atoms with E-state index in [1.54, 1.807) is 0 Å². The molecule has 0 radical (unpaired) electrons. The van der Waals surface area contributed by atoms with Crippen molar-refractivity contribution in [3.63, 3.8) is 0 Å². The second-order valence-corrected chi connectivity index (χ2v) is 6.27. The minimum absolute atomic E-state index is 0.0885. The van der Waals surface area contributed by atoms with Crippen molar-refractivity contribution in [3.05, 3.63) is 0 Å². The Morgan fingerprint density at radius 3 is 2.33 bits per heavy atom. The van der Waals surface area contributed by atoms with Crippen LogP contribution in [-0.2, 0) is 14.3 Å². The van der Waals surface area contributed by atoms with Crippen LogP contribution in [0.15, 0.2) is 0 Å². The molecule has 0 bridgehead atoms. The molecule has 120 valence electrons. The lowest BCUT2D eigenvalue weighted by molar-refractivity contribution is -0.147. The van der Waals surface area contributed by atoms with Gasteiger partial charge in [-0.05, 0) is 33.2 Å². The number of nitrogens with zero attached hydrogens (tertiary/aromatic N) is 2. The quantitative estimate of drug-likeness (QED) is 0.806. The Labute approximate surface area is 126 Å². The number of hydrogen-bond donors (Lipinski definition) is 1. The molecule has 0 aromatic heterocycles. The summed E-state index contributed by atoms with van der Waals surface area (Å²) in [4.78, 5) is 28.4. The van der Waals surface area contributed by atoms with Crippen LogP contribution in [0.25, 0.3) is 0 Å². The Bertz CT molecular complexity index is 384. The number of ether oxygens (including phenoxy) is 1. The van der Waals surface area contributed by atoms with Gasteiger partial charge in [-0.2, -0.15) is 0 Å². The maximum atomic E-state index is 12.5. The van der Waals surface area contributed by atoms with Crippen LogP contribution in [0.2, 0.25) is 0 Å². The molecular weight excluding hydrogens is 270 g/mol. The minimum Gasteiger partial charge on any atom is -0.368 e. The zero-order chi connectivity index (χ0) is 15.5. The minimum atomic E-state index is -0.546. The van der Waals surface area contributed by atoms with E-state index in [1.165, 1.54) is 0 Å². The van der Waals surface area contributed by atoms with Crippen molar-refractivity contribution in [2.24, 2.45) is 0 Å². The second kappa shape index (κ2) is 6.75. The molecule has 6 nitrogen and oxygen atoms in total. The van der Waals surface area contributed by atoms with Crippen LogP contribution in [0, 0.1) is 0 Å². The van der Waals surface area contributed by atoms with Gasteiger partial charge in [0.1, 0.15) is 6.10 Å². The van der Waals surface area contributed by atoms with Crippen molar-refractivity contribution in [2.75, 3.05) is 39.3 Å². The second-order valence-electron chi connectivity index (χ2n) is 6.27. The number of rotatable bonds is 4. The molecule has 2 aliphatic heterocycles. The zero-order valence-electron chi connectivity index (χ0n) is 13.4. The average molecular weight is 297 g/mol. The van der Waals surface area contributed by atoms with Gasteiger partial charge in [0.2, 0.25) is 5.91 Å². The van der Waals surface area contributed by atoms with Crippen molar-refractivity contribution in [3.8, 4) is 0 Å². The smallest absolute Gasteiger partial charge is 0.251 e. The summed E-state index contributed by atoms with van der Waals surface area (Å²) in [7, 11) is 0. The molecule has 0 aromatic carbocycles. The molecule has 0 aliphatic carbocycles. The lowest BCUT2D eigenvalue weighted by Crippen LogP contribution is -2.59. The van der Waals surface area contributed by atoms with E-state index in [-0.39, 0.29) is 17.9 Å². The summed E-state index contributed by atoms with van der Waals surface area (Å²) in [5.41, 5.74) is -0.546. The van der Waals surface area contributed by atoms with Crippen molar-refractivity contribution in [1.29, 1.82) is 0 Å². The summed E-state index contributed by atoms with van der Waals surface area (Å²) in [6.45, 7) is 9.66. The lowest BCUT2D eigenvalue weighted by Gasteiger charge is -2.39. The van der Waals surface area contributed by atoms with Crippen molar-refractivity contribution >= 4 is 11.8 Å². The molecule has 0 aromatic rings. The Morgan fingerprint density at radius 1 is 1.19 bits per heavy atom. The molecule has 0 spiro atoms. The van der Waals surface area contributed by atoms with Crippen LogP contribution in [-0.4, -0.2) is 72.6 Å². The van der Waals surface area contributed by atoms with Crippen LogP contribution in [0.4, 0.5) is 0 Å². The predicted molar refractivity (Wildman–Crippen MR) is 79.9 cm³/mol. The van der Waals surface area contributed by atoms with Gasteiger partial charge in [-0.1, -0.05) is 6.92 Å². The van der Waals surface area contributed by atoms with Gasteiger partial charge >= 0.3 is 0 Å². The summed E-state index contributed by atoms with van der Waals surface area (Å²) in [6.07, 6.45) is 1.53. The fourth-order valence-electron chi connectivity index (χ4n) is 3.02. The Hall–Kier alpha value is -1.14. The summed E-state index contributed by atoms with van der Waals surface area (Å²) < 4.78 is 5.45. The molecule has 0 saturated carbocycles. The third-order valence-corrected chi connectivity index (χ3v) is 4.24. The van der Waals surface area contributed by atoms with E-state index in [1.807, 2.05) is 30.6 Å². The molecule has 2 amide bonds. The molecule has 2 fully saturated rings. The van der Waals surface area contributed by atoms with Crippen molar-refractivity contribution in [2.45, 2.75) is 45.3 Å². The van der Waals surface area contributed by atoms with Gasteiger partial charge in [-0.15, -0.1) is 0 Å². The first-order valence-corrected chi connectivity index (χ1v) is 7.90. The number of hydrogen-bond acceptors (Lipinski definition) is 4. The fraction of sp³-hybridized carbons (Fsp3) is 0.867. The highest BCUT2D eigenvalue weighted by atomic mass is 16.5. The highest BCUT2D eigenvalue weighted by Gasteiger charge is 2.35. The molecule has 2 heterocycles. The van der Waals surface area contributed by atoms with E-state index in [0.717, 1.165) is 19.4 Å². The molecule has 6 heteroatoms. The van der Waals surface area contributed by atoms with Crippen LogP contribution < -0.4 is 5.32 Å². The molecule has 2 aliphatic rings. The number of nitrogens with one attached hydrogen (secondary N) is 1. The molecule has 1 atom stereocenters. The van der Waals surface area contributed by atoms with Crippen LogP contribution >= 0.6 is 0 Å². The summed E-state index contributed by atoms with van der Waals surface area (Å²) in [5.74, 6) is 0.194.